The van der Waals surface area contributed by atoms with Crippen LogP contribution >= 0.6 is 23.6 Å². The van der Waals surface area contributed by atoms with Crippen molar-refractivity contribution in [3.63, 3.8) is 0 Å². The van der Waals surface area contributed by atoms with Crippen molar-refractivity contribution in [3.05, 3.63) is 16.1 Å². The van der Waals surface area contributed by atoms with Crippen molar-refractivity contribution in [2.45, 2.75) is 24.4 Å². The Kier molecular flexibility index (Phi) is 3.71. The number of thiocarbonyl (C=S) groups is 1. The molecule has 0 radical (unpaired) electrons. The van der Waals surface area contributed by atoms with Gasteiger partial charge in [0, 0.05) is 5.38 Å². The first-order valence-corrected chi connectivity index (χ1v) is 6.21. The second-order valence-electron chi connectivity index (χ2n) is 3.69. The van der Waals surface area contributed by atoms with E-state index in [1.807, 2.05) is 0 Å². The lowest BCUT2D eigenvalue weighted by molar-refractivity contribution is -0.0228. The van der Waals surface area contributed by atoms with Gasteiger partial charge in [-0.3, -0.25) is 0 Å². The largest absolute Gasteiger partial charge is 0.394 e. The van der Waals surface area contributed by atoms with E-state index in [0.717, 1.165) is 0 Å². The molecule has 0 bridgehead atoms. The molecule has 1 saturated heterocycles. The van der Waals surface area contributed by atoms with E-state index < -0.39 is 24.4 Å². The van der Waals surface area contributed by atoms with Crippen molar-refractivity contribution in [3.8, 4) is 0 Å². The van der Waals surface area contributed by atoms with E-state index in [4.69, 9.17) is 27.8 Å². The van der Waals surface area contributed by atoms with Crippen LogP contribution in [-0.2, 0) is 4.74 Å². The van der Waals surface area contributed by atoms with Crippen LogP contribution in [0.1, 0.15) is 16.8 Å². The average molecular weight is 276 g/mol. The van der Waals surface area contributed by atoms with Crippen molar-refractivity contribution in [1.29, 1.82) is 0 Å². The van der Waals surface area contributed by atoms with Gasteiger partial charge in [0.05, 0.1) is 6.61 Å². The fourth-order valence-electron chi connectivity index (χ4n) is 1.64. The Hall–Kier alpha value is -0.640. The molecule has 5 N–H and O–H groups in total. The van der Waals surface area contributed by atoms with Gasteiger partial charge in [0.25, 0.3) is 0 Å². The predicted molar refractivity (Wildman–Crippen MR) is 64.7 cm³/mol. The van der Waals surface area contributed by atoms with Crippen LogP contribution in [0.25, 0.3) is 0 Å². The van der Waals surface area contributed by atoms with E-state index in [0.29, 0.717) is 10.7 Å². The zero-order chi connectivity index (χ0) is 12.6. The van der Waals surface area contributed by atoms with E-state index in [-0.39, 0.29) is 11.6 Å². The number of aliphatic hydroxyl groups excluding tert-OH is 3. The molecule has 2 rings (SSSR count). The predicted octanol–water partition coefficient (Wildman–Crippen LogP) is -1.07. The van der Waals surface area contributed by atoms with Crippen LogP contribution in [0.5, 0.6) is 0 Å². The van der Waals surface area contributed by atoms with Crippen molar-refractivity contribution in [2.75, 3.05) is 6.61 Å². The lowest BCUT2D eigenvalue weighted by Gasteiger charge is -2.11. The third-order valence-corrected chi connectivity index (χ3v) is 3.68. The number of nitrogens with two attached hydrogens (primary N) is 1. The Bertz CT molecular complexity index is 425. The smallest absolute Gasteiger partial charge is 0.138 e. The molecular weight excluding hydrogens is 264 g/mol. The van der Waals surface area contributed by atoms with Gasteiger partial charge in [0.2, 0.25) is 0 Å². The summed E-state index contributed by atoms with van der Waals surface area (Å²) in [4.78, 5) is 4.29. The highest BCUT2D eigenvalue weighted by Gasteiger charge is 2.44. The van der Waals surface area contributed by atoms with E-state index in [9.17, 15) is 10.2 Å². The molecule has 0 aliphatic carbocycles. The van der Waals surface area contributed by atoms with Gasteiger partial charge in [0.1, 0.15) is 40.1 Å². The van der Waals surface area contributed by atoms with Crippen LogP contribution < -0.4 is 5.73 Å². The Balaban J connectivity index is 2.19. The minimum Gasteiger partial charge on any atom is -0.394 e. The molecule has 0 unspecified atom stereocenters. The summed E-state index contributed by atoms with van der Waals surface area (Å²) in [5.41, 5.74) is 5.88. The van der Waals surface area contributed by atoms with E-state index >= 15 is 0 Å². The van der Waals surface area contributed by atoms with Crippen LogP contribution in [0.2, 0.25) is 0 Å². The third-order valence-electron chi connectivity index (χ3n) is 2.56. The lowest BCUT2D eigenvalue weighted by Crippen LogP contribution is -2.32. The maximum Gasteiger partial charge on any atom is 0.138 e. The Morgan fingerprint density at radius 3 is 2.71 bits per heavy atom. The van der Waals surface area contributed by atoms with Gasteiger partial charge in [-0.2, -0.15) is 0 Å². The molecular formula is C9H12N2O4S2. The zero-order valence-corrected chi connectivity index (χ0v) is 10.3. The number of thiazole rings is 1. The monoisotopic (exact) mass is 276 g/mol. The molecule has 1 aromatic heterocycles. The number of rotatable bonds is 3. The van der Waals surface area contributed by atoms with Crippen LogP contribution in [0.15, 0.2) is 5.38 Å². The molecule has 1 aliphatic heterocycles. The molecule has 0 saturated carbocycles. The minimum absolute atomic E-state index is 0.166. The standard InChI is InChI=1S/C9H12N2O4S2/c10-8(16)3-2-17-9(11-3)7-6(14)5(13)4(1-12)15-7/h2,4-7,12-14H,1H2,(H2,10,16)/t4-,5-,6-,7-/m1/s1. The maximum absolute atomic E-state index is 9.78. The van der Waals surface area contributed by atoms with Gasteiger partial charge in [-0.05, 0) is 0 Å². The van der Waals surface area contributed by atoms with Crippen molar-refractivity contribution in [2.24, 2.45) is 5.73 Å². The summed E-state index contributed by atoms with van der Waals surface area (Å²) in [6.45, 7) is -0.359. The first-order chi connectivity index (χ1) is 8.04. The summed E-state index contributed by atoms with van der Waals surface area (Å²) in [6.07, 6.45) is -3.79. The van der Waals surface area contributed by atoms with Crippen LogP contribution in [0.3, 0.4) is 0 Å². The first kappa shape index (κ1) is 12.8. The maximum atomic E-state index is 9.78. The lowest BCUT2D eigenvalue weighted by atomic mass is 10.1. The Morgan fingerprint density at radius 1 is 1.53 bits per heavy atom. The van der Waals surface area contributed by atoms with Crippen molar-refractivity contribution in [1.82, 2.24) is 4.98 Å². The number of ether oxygens (including phenoxy) is 1. The fraction of sp³-hybridized carbons (Fsp3) is 0.556. The summed E-state index contributed by atoms with van der Waals surface area (Å²) in [7, 11) is 0. The van der Waals surface area contributed by atoms with Crippen LogP contribution in [0.4, 0.5) is 0 Å². The molecule has 0 spiro atoms. The zero-order valence-electron chi connectivity index (χ0n) is 8.68. The van der Waals surface area contributed by atoms with Crippen molar-refractivity contribution >= 4 is 28.5 Å². The second-order valence-corrected chi connectivity index (χ2v) is 5.02. The van der Waals surface area contributed by atoms with E-state index in [2.05, 4.69) is 4.98 Å². The van der Waals surface area contributed by atoms with E-state index in [1.54, 1.807) is 5.38 Å². The Labute approximate surface area is 107 Å². The van der Waals surface area contributed by atoms with Gasteiger partial charge in [-0.25, -0.2) is 4.98 Å². The first-order valence-electron chi connectivity index (χ1n) is 4.92. The average Bonchev–Trinajstić information content (AvgIpc) is 2.87. The van der Waals surface area contributed by atoms with E-state index in [1.165, 1.54) is 11.3 Å². The summed E-state index contributed by atoms with van der Waals surface area (Å²) in [6, 6.07) is 0. The number of nitrogens with zero attached hydrogens (tertiary/aromatic N) is 1. The summed E-state index contributed by atoms with van der Waals surface area (Å²) in [5.74, 6) is 0. The Morgan fingerprint density at radius 2 is 2.24 bits per heavy atom. The van der Waals surface area contributed by atoms with Crippen molar-refractivity contribution < 1.29 is 20.1 Å². The summed E-state index contributed by atoms with van der Waals surface area (Å²) in [5, 5.41) is 30.5. The fourth-order valence-corrected chi connectivity index (χ4v) is 2.71. The van der Waals surface area contributed by atoms with Gasteiger partial charge >= 0.3 is 0 Å². The molecule has 17 heavy (non-hydrogen) atoms. The number of hydrogen-bond acceptors (Lipinski definition) is 7. The third kappa shape index (κ3) is 2.32. The SMILES string of the molecule is NC(=S)c1csc([C@@H]2O[C@H](CO)[C@@H](O)[C@H]2O)n1. The second kappa shape index (κ2) is 4.92. The van der Waals surface area contributed by atoms with Gasteiger partial charge in [-0.15, -0.1) is 11.3 Å². The molecule has 1 aliphatic rings. The molecule has 1 aromatic rings. The summed E-state index contributed by atoms with van der Waals surface area (Å²) >= 11 is 6.02. The molecule has 2 heterocycles. The highest BCUT2D eigenvalue weighted by molar-refractivity contribution is 7.80. The van der Waals surface area contributed by atoms with Gasteiger partial charge in [0.15, 0.2) is 0 Å². The quantitative estimate of drug-likeness (QED) is 0.521. The molecule has 0 aromatic carbocycles. The molecule has 1 fully saturated rings. The van der Waals surface area contributed by atoms with Crippen LogP contribution in [0, 0.1) is 0 Å². The molecule has 94 valence electrons. The van der Waals surface area contributed by atoms with Crippen LogP contribution in [-0.4, -0.2) is 50.2 Å². The highest BCUT2D eigenvalue weighted by atomic mass is 32.1. The van der Waals surface area contributed by atoms with Gasteiger partial charge in [-0.1, -0.05) is 12.2 Å². The normalized spacial score (nSPS) is 32.9. The number of hydrogen-bond donors (Lipinski definition) is 4. The minimum atomic E-state index is -1.12. The summed E-state index contributed by atoms with van der Waals surface area (Å²) < 4.78 is 5.33. The number of aromatic nitrogens is 1. The topological polar surface area (TPSA) is 109 Å². The molecule has 4 atom stereocenters. The highest BCUT2D eigenvalue weighted by Crippen LogP contribution is 2.34. The molecule has 8 heteroatoms. The number of aliphatic hydroxyl groups is 3. The molecule has 0 amide bonds. The van der Waals surface area contributed by atoms with Gasteiger partial charge < -0.3 is 25.8 Å². The molecule has 6 nitrogen and oxygen atoms in total.